The fraction of sp³-hybridized carbons (Fsp3) is 0.368. The molecule has 0 aliphatic carbocycles. The van der Waals surface area contributed by atoms with E-state index in [1.54, 1.807) is 31.2 Å². The number of amides is 2. The standard InChI is InChI=1S/C19H24N2O3/c1-11-12(2)24-13(3)16(11)17(22)20-14-7-9-15(10-8-14)21-18(23)19(4,5)6/h7-10H,1-6H3,(H,20,22)(H,21,23). The zero-order chi connectivity index (χ0) is 18.1. The molecule has 2 N–H and O–H groups in total. The van der Waals surface area contributed by atoms with Crippen molar-refractivity contribution in [3.8, 4) is 0 Å². The maximum Gasteiger partial charge on any atom is 0.259 e. The molecule has 5 heteroatoms. The molecule has 0 aliphatic rings. The molecule has 0 bridgehead atoms. The van der Waals surface area contributed by atoms with Crippen LogP contribution in [0.4, 0.5) is 11.4 Å². The normalized spacial score (nSPS) is 11.2. The van der Waals surface area contributed by atoms with Gasteiger partial charge in [-0.3, -0.25) is 9.59 Å². The first-order valence-electron chi connectivity index (χ1n) is 7.89. The van der Waals surface area contributed by atoms with E-state index in [0.717, 1.165) is 11.3 Å². The van der Waals surface area contributed by atoms with Gasteiger partial charge in [0, 0.05) is 22.4 Å². The molecule has 5 nitrogen and oxygen atoms in total. The lowest BCUT2D eigenvalue weighted by molar-refractivity contribution is -0.123. The number of aryl methyl sites for hydroxylation is 2. The van der Waals surface area contributed by atoms with Gasteiger partial charge in [-0.25, -0.2) is 0 Å². The molecule has 0 saturated carbocycles. The number of anilines is 2. The molecular weight excluding hydrogens is 304 g/mol. The van der Waals surface area contributed by atoms with Gasteiger partial charge in [-0.2, -0.15) is 0 Å². The van der Waals surface area contributed by atoms with Crippen LogP contribution >= 0.6 is 0 Å². The molecule has 0 spiro atoms. The van der Waals surface area contributed by atoms with Crippen molar-refractivity contribution in [1.29, 1.82) is 0 Å². The Labute approximate surface area is 142 Å². The van der Waals surface area contributed by atoms with Crippen LogP contribution in [0.5, 0.6) is 0 Å². The van der Waals surface area contributed by atoms with Gasteiger partial charge in [0.2, 0.25) is 5.91 Å². The number of carbonyl (C=O) groups excluding carboxylic acids is 2. The summed E-state index contributed by atoms with van der Waals surface area (Å²) in [5, 5.41) is 5.70. The lowest BCUT2D eigenvalue weighted by Gasteiger charge is -2.17. The highest BCUT2D eigenvalue weighted by Gasteiger charge is 2.21. The van der Waals surface area contributed by atoms with Crippen LogP contribution in [0.3, 0.4) is 0 Å². The van der Waals surface area contributed by atoms with Gasteiger partial charge in [0.25, 0.3) is 5.91 Å². The smallest absolute Gasteiger partial charge is 0.259 e. The minimum absolute atomic E-state index is 0.0561. The molecule has 0 radical (unpaired) electrons. The van der Waals surface area contributed by atoms with Crippen LogP contribution in [0.25, 0.3) is 0 Å². The highest BCUT2D eigenvalue weighted by atomic mass is 16.3. The predicted octanol–water partition coefficient (Wildman–Crippen LogP) is 4.44. The second-order valence-electron chi connectivity index (χ2n) is 6.95. The van der Waals surface area contributed by atoms with Crippen molar-refractivity contribution in [2.24, 2.45) is 5.41 Å². The predicted molar refractivity (Wildman–Crippen MR) is 95.4 cm³/mol. The van der Waals surface area contributed by atoms with Crippen molar-refractivity contribution in [3.63, 3.8) is 0 Å². The third kappa shape index (κ3) is 3.85. The Morgan fingerprint density at radius 1 is 0.875 bits per heavy atom. The van der Waals surface area contributed by atoms with Crippen molar-refractivity contribution in [2.45, 2.75) is 41.5 Å². The highest BCUT2D eigenvalue weighted by Crippen LogP contribution is 2.23. The van der Waals surface area contributed by atoms with Gasteiger partial charge in [-0.05, 0) is 45.0 Å². The largest absolute Gasteiger partial charge is 0.466 e. The van der Waals surface area contributed by atoms with E-state index in [1.165, 1.54) is 0 Å². The summed E-state index contributed by atoms with van der Waals surface area (Å²) in [5.74, 6) is 1.10. The summed E-state index contributed by atoms with van der Waals surface area (Å²) in [6.07, 6.45) is 0. The van der Waals surface area contributed by atoms with Crippen LogP contribution in [0.2, 0.25) is 0 Å². The number of nitrogens with one attached hydrogen (secondary N) is 2. The van der Waals surface area contributed by atoms with Crippen LogP contribution in [0.15, 0.2) is 28.7 Å². The Balaban J connectivity index is 2.09. The molecule has 24 heavy (non-hydrogen) atoms. The monoisotopic (exact) mass is 328 g/mol. The second kappa shape index (κ2) is 6.51. The van der Waals surface area contributed by atoms with E-state index in [2.05, 4.69) is 10.6 Å². The van der Waals surface area contributed by atoms with Crippen LogP contribution in [-0.2, 0) is 4.79 Å². The molecule has 2 aromatic rings. The summed E-state index contributed by atoms with van der Waals surface area (Å²) in [4.78, 5) is 24.4. The summed E-state index contributed by atoms with van der Waals surface area (Å²) in [6, 6.07) is 7.04. The molecule has 128 valence electrons. The maximum absolute atomic E-state index is 12.4. The minimum Gasteiger partial charge on any atom is -0.466 e. The van der Waals surface area contributed by atoms with E-state index in [1.807, 2.05) is 34.6 Å². The maximum atomic E-state index is 12.4. The Bertz CT molecular complexity index is 765. The number of rotatable bonds is 3. The van der Waals surface area contributed by atoms with Gasteiger partial charge in [0.05, 0.1) is 5.56 Å². The number of hydrogen-bond acceptors (Lipinski definition) is 3. The first kappa shape index (κ1) is 17.8. The Hall–Kier alpha value is -2.56. The van der Waals surface area contributed by atoms with Gasteiger partial charge in [-0.15, -0.1) is 0 Å². The molecule has 1 heterocycles. The molecule has 2 rings (SSSR count). The lowest BCUT2D eigenvalue weighted by atomic mass is 9.95. The highest BCUT2D eigenvalue weighted by molar-refractivity contribution is 6.06. The molecule has 0 aliphatic heterocycles. The van der Waals surface area contributed by atoms with Gasteiger partial charge in [-0.1, -0.05) is 20.8 Å². The van der Waals surface area contributed by atoms with Gasteiger partial charge >= 0.3 is 0 Å². The van der Waals surface area contributed by atoms with E-state index in [-0.39, 0.29) is 11.8 Å². The zero-order valence-electron chi connectivity index (χ0n) is 15.0. The molecule has 0 atom stereocenters. The first-order chi connectivity index (χ1) is 11.1. The molecule has 0 unspecified atom stereocenters. The van der Waals surface area contributed by atoms with Gasteiger partial charge in [0.15, 0.2) is 0 Å². The fourth-order valence-corrected chi connectivity index (χ4v) is 2.28. The SMILES string of the molecule is Cc1oc(C)c(C(=O)Nc2ccc(NC(=O)C(C)(C)C)cc2)c1C. The number of furan rings is 1. The van der Waals surface area contributed by atoms with E-state index in [9.17, 15) is 9.59 Å². The van der Waals surface area contributed by atoms with Crippen molar-refractivity contribution in [2.75, 3.05) is 10.6 Å². The lowest BCUT2D eigenvalue weighted by Crippen LogP contribution is -2.27. The third-order valence-electron chi connectivity index (χ3n) is 3.87. The zero-order valence-corrected chi connectivity index (χ0v) is 15.0. The number of hydrogen-bond donors (Lipinski definition) is 2. The van der Waals surface area contributed by atoms with E-state index >= 15 is 0 Å². The molecule has 1 aromatic heterocycles. The Kier molecular flexibility index (Phi) is 4.83. The van der Waals surface area contributed by atoms with E-state index in [4.69, 9.17) is 4.42 Å². The summed E-state index contributed by atoms with van der Waals surface area (Å²) < 4.78 is 5.49. The van der Waals surface area contributed by atoms with Gasteiger partial charge in [0.1, 0.15) is 11.5 Å². The van der Waals surface area contributed by atoms with Crippen LogP contribution in [-0.4, -0.2) is 11.8 Å². The van der Waals surface area contributed by atoms with E-state index in [0.29, 0.717) is 22.7 Å². The average Bonchev–Trinajstić information content (AvgIpc) is 2.73. The Morgan fingerprint density at radius 2 is 1.38 bits per heavy atom. The number of benzene rings is 1. The molecular formula is C19H24N2O3. The summed E-state index contributed by atoms with van der Waals surface area (Å²) in [7, 11) is 0. The summed E-state index contributed by atoms with van der Waals surface area (Å²) in [6.45, 7) is 11.1. The third-order valence-corrected chi connectivity index (χ3v) is 3.87. The van der Waals surface area contributed by atoms with Crippen LogP contribution in [0.1, 0.15) is 48.2 Å². The summed E-state index contributed by atoms with van der Waals surface area (Å²) >= 11 is 0. The topological polar surface area (TPSA) is 71.3 Å². The second-order valence-corrected chi connectivity index (χ2v) is 6.95. The van der Waals surface area contributed by atoms with Crippen LogP contribution < -0.4 is 10.6 Å². The first-order valence-corrected chi connectivity index (χ1v) is 7.89. The molecule has 1 aromatic carbocycles. The van der Waals surface area contributed by atoms with E-state index < -0.39 is 5.41 Å². The van der Waals surface area contributed by atoms with Crippen molar-refractivity contribution < 1.29 is 14.0 Å². The molecule has 0 saturated heterocycles. The number of carbonyl (C=O) groups is 2. The van der Waals surface area contributed by atoms with Crippen LogP contribution in [0, 0.1) is 26.2 Å². The minimum atomic E-state index is -0.457. The molecule has 2 amide bonds. The summed E-state index contributed by atoms with van der Waals surface area (Å²) in [5.41, 5.74) is 2.31. The van der Waals surface area contributed by atoms with Gasteiger partial charge < -0.3 is 15.1 Å². The quantitative estimate of drug-likeness (QED) is 0.875. The van der Waals surface area contributed by atoms with Crippen molar-refractivity contribution in [1.82, 2.24) is 0 Å². The average molecular weight is 328 g/mol. The van der Waals surface area contributed by atoms with Crippen molar-refractivity contribution >= 4 is 23.2 Å². The molecule has 0 fully saturated rings. The Morgan fingerprint density at radius 3 is 1.79 bits per heavy atom. The van der Waals surface area contributed by atoms with Crippen molar-refractivity contribution in [3.05, 3.63) is 46.9 Å². The fourth-order valence-electron chi connectivity index (χ4n) is 2.28.